The highest BCUT2D eigenvalue weighted by Gasteiger charge is 2.11. The molecule has 1 amide bonds. The topological polar surface area (TPSA) is 50.4 Å². The number of aryl methyl sites for hydroxylation is 1. The van der Waals surface area contributed by atoms with Gasteiger partial charge in [-0.15, -0.1) is 0 Å². The molecule has 0 radical (unpaired) electrons. The molecule has 0 spiro atoms. The highest BCUT2D eigenvalue weighted by Crippen LogP contribution is 2.28. The van der Waals surface area contributed by atoms with E-state index in [1.807, 2.05) is 38.1 Å². The minimum absolute atomic E-state index is 0.0263. The molecule has 2 aromatic rings. The van der Waals surface area contributed by atoms with E-state index in [0.717, 1.165) is 27.0 Å². The number of halogens is 2. The Balaban J connectivity index is 1.93. The Bertz CT molecular complexity index is 737. The number of amides is 1. The first kappa shape index (κ1) is 18.8. The molecule has 4 nitrogen and oxygen atoms in total. The minimum atomic E-state index is -0.111. The van der Waals surface area contributed by atoms with E-state index in [2.05, 4.69) is 26.6 Å². The molecule has 2 N–H and O–H groups in total. The van der Waals surface area contributed by atoms with Crippen molar-refractivity contribution in [2.24, 2.45) is 0 Å². The molecule has 0 aliphatic rings. The average molecular weight is 412 g/mol. The summed E-state index contributed by atoms with van der Waals surface area (Å²) in [5.41, 5.74) is 2.77. The van der Waals surface area contributed by atoms with Gasteiger partial charge in [-0.25, -0.2) is 0 Å². The molecule has 0 fully saturated rings. The Morgan fingerprint density at radius 2 is 2.04 bits per heavy atom. The van der Waals surface area contributed by atoms with Crippen LogP contribution >= 0.6 is 27.5 Å². The van der Waals surface area contributed by atoms with Gasteiger partial charge in [-0.1, -0.05) is 23.7 Å². The van der Waals surface area contributed by atoms with Gasteiger partial charge in [0.25, 0.3) is 0 Å². The smallest absolute Gasteiger partial charge is 0.238 e. The molecule has 0 aliphatic heterocycles. The lowest BCUT2D eigenvalue weighted by atomic mass is 10.1. The molecule has 0 saturated carbocycles. The standard InChI is InChI=1S/C18H20BrClN2O2/c1-11-4-6-14(20)9-16(11)22-18(23)10-21-12(2)13-5-7-17(24-3)15(19)8-13/h4-9,12,21H,10H2,1-3H3,(H,22,23)/t12-/m1/s1. The van der Waals surface area contributed by atoms with Crippen LogP contribution in [0.5, 0.6) is 5.75 Å². The Labute approximate surface area is 155 Å². The van der Waals surface area contributed by atoms with E-state index in [9.17, 15) is 4.79 Å². The fourth-order valence-corrected chi connectivity index (χ4v) is 2.97. The van der Waals surface area contributed by atoms with Crippen molar-refractivity contribution in [3.05, 3.63) is 57.0 Å². The van der Waals surface area contributed by atoms with Gasteiger partial charge in [0.1, 0.15) is 5.75 Å². The monoisotopic (exact) mass is 410 g/mol. The van der Waals surface area contributed by atoms with Crippen LogP contribution in [-0.4, -0.2) is 19.6 Å². The Morgan fingerprint density at radius 3 is 2.71 bits per heavy atom. The van der Waals surface area contributed by atoms with Crippen molar-refractivity contribution in [3.63, 3.8) is 0 Å². The van der Waals surface area contributed by atoms with E-state index in [1.54, 1.807) is 19.2 Å². The van der Waals surface area contributed by atoms with Gasteiger partial charge < -0.3 is 15.4 Å². The Hall–Kier alpha value is -1.56. The van der Waals surface area contributed by atoms with Crippen LogP contribution in [0.1, 0.15) is 24.1 Å². The first-order valence-corrected chi connectivity index (χ1v) is 8.70. The molecule has 2 rings (SSSR count). The zero-order valence-corrected chi connectivity index (χ0v) is 16.2. The van der Waals surface area contributed by atoms with Crippen LogP contribution in [0, 0.1) is 6.92 Å². The van der Waals surface area contributed by atoms with Crippen LogP contribution < -0.4 is 15.4 Å². The number of methoxy groups -OCH3 is 1. The summed E-state index contributed by atoms with van der Waals surface area (Å²) in [5, 5.41) is 6.68. The van der Waals surface area contributed by atoms with Crippen molar-refractivity contribution in [1.82, 2.24) is 5.32 Å². The highest BCUT2D eigenvalue weighted by molar-refractivity contribution is 9.10. The number of ether oxygens (including phenoxy) is 1. The van der Waals surface area contributed by atoms with E-state index >= 15 is 0 Å². The molecule has 0 aromatic heterocycles. The third-order valence-corrected chi connectivity index (χ3v) is 4.57. The maximum atomic E-state index is 12.1. The molecular weight excluding hydrogens is 392 g/mol. The quantitative estimate of drug-likeness (QED) is 0.724. The van der Waals surface area contributed by atoms with Gasteiger partial charge in [0.15, 0.2) is 0 Å². The van der Waals surface area contributed by atoms with Gasteiger partial charge in [-0.3, -0.25) is 4.79 Å². The van der Waals surface area contributed by atoms with Gasteiger partial charge in [0.05, 0.1) is 18.1 Å². The van der Waals surface area contributed by atoms with E-state index < -0.39 is 0 Å². The molecule has 0 unspecified atom stereocenters. The van der Waals surface area contributed by atoms with Gasteiger partial charge in [0, 0.05) is 16.8 Å². The predicted molar refractivity (Wildman–Crippen MR) is 102 cm³/mol. The molecule has 1 atom stereocenters. The van der Waals surface area contributed by atoms with Gasteiger partial charge in [0.2, 0.25) is 5.91 Å². The summed E-state index contributed by atoms with van der Waals surface area (Å²) in [6.07, 6.45) is 0. The fourth-order valence-electron chi connectivity index (χ4n) is 2.24. The lowest BCUT2D eigenvalue weighted by Crippen LogP contribution is -2.30. The Morgan fingerprint density at radius 1 is 1.29 bits per heavy atom. The number of hydrogen-bond donors (Lipinski definition) is 2. The molecule has 24 heavy (non-hydrogen) atoms. The number of anilines is 1. The number of nitrogens with one attached hydrogen (secondary N) is 2. The highest BCUT2D eigenvalue weighted by atomic mass is 79.9. The maximum absolute atomic E-state index is 12.1. The summed E-state index contributed by atoms with van der Waals surface area (Å²) >= 11 is 9.44. The Kier molecular flexibility index (Phi) is 6.66. The molecule has 128 valence electrons. The normalized spacial score (nSPS) is 11.9. The maximum Gasteiger partial charge on any atom is 0.238 e. The molecule has 0 saturated heterocycles. The number of benzene rings is 2. The second kappa shape index (κ2) is 8.51. The molecular formula is C18H20BrClN2O2. The number of carbonyl (C=O) groups is 1. The van der Waals surface area contributed by atoms with Gasteiger partial charge >= 0.3 is 0 Å². The van der Waals surface area contributed by atoms with Crippen LogP contribution in [0.4, 0.5) is 5.69 Å². The SMILES string of the molecule is COc1ccc([C@@H](C)NCC(=O)Nc2cc(Cl)ccc2C)cc1Br. The molecule has 0 bridgehead atoms. The zero-order chi connectivity index (χ0) is 17.7. The van der Waals surface area contributed by atoms with Crippen LogP contribution in [-0.2, 0) is 4.79 Å². The van der Waals surface area contributed by atoms with Crippen LogP contribution in [0.3, 0.4) is 0 Å². The van der Waals surface area contributed by atoms with Crippen LogP contribution in [0.2, 0.25) is 5.02 Å². The largest absolute Gasteiger partial charge is 0.496 e. The second-order valence-electron chi connectivity index (χ2n) is 5.50. The average Bonchev–Trinajstić information content (AvgIpc) is 2.56. The van der Waals surface area contributed by atoms with Crippen molar-refractivity contribution >= 4 is 39.1 Å². The number of rotatable bonds is 6. The second-order valence-corrected chi connectivity index (χ2v) is 6.79. The van der Waals surface area contributed by atoms with Gasteiger partial charge in [-0.05, 0) is 65.2 Å². The zero-order valence-electron chi connectivity index (χ0n) is 13.8. The van der Waals surface area contributed by atoms with Crippen molar-refractivity contribution in [2.75, 3.05) is 19.0 Å². The first-order chi connectivity index (χ1) is 11.4. The van der Waals surface area contributed by atoms with Crippen molar-refractivity contribution < 1.29 is 9.53 Å². The summed E-state index contributed by atoms with van der Waals surface area (Å²) in [6.45, 7) is 4.14. The van der Waals surface area contributed by atoms with Crippen LogP contribution in [0.15, 0.2) is 40.9 Å². The summed E-state index contributed by atoms with van der Waals surface area (Å²) in [5.74, 6) is 0.667. The molecule has 6 heteroatoms. The fraction of sp³-hybridized carbons (Fsp3) is 0.278. The summed E-state index contributed by atoms with van der Waals surface area (Å²) in [4.78, 5) is 12.1. The lowest BCUT2D eigenvalue weighted by molar-refractivity contribution is -0.115. The predicted octanol–water partition coefficient (Wildman–Crippen LogP) is 4.71. The van der Waals surface area contributed by atoms with E-state index in [0.29, 0.717) is 5.02 Å². The van der Waals surface area contributed by atoms with E-state index in [4.69, 9.17) is 16.3 Å². The van der Waals surface area contributed by atoms with Gasteiger partial charge in [-0.2, -0.15) is 0 Å². The number of hydrogen-bond acceptors (Lipinski definition) is 3. The minimum Gasteiger partial charge on any atom is -0.496 e. The van der Waals surface area contributed by atoms with Crippen molar-refractivity contribution in [2.45, 2.75) is 19.9 Å². The van der Waals surface area contributed by atoms with E-state index in [1.165, 1.54) is 0 Å². The lowest BCUT2D eigenvalue weighted by Gasteiger charge is -2.16. The molecule has 0 heterocycles. The molecule has 2 aromatic carbocycles. The molecule has 0 aliphatic carbocycles. The first-order valence-electron chi connectivity index (χ1n) is 7.53. The number of carbonyl (C=O) groups excluding carboxylic acids is 1. The van der Waals surface area contributed by atoms with Crippen molar-refractivity contribution in [3.8, 4) is 5.75 Å². The summed E-state index contributed by atoms with van der Waals surface area (Å²) < 4.78 is 6.11. The summed E-state index contributed by atoms with van der Waals surface area (Å²) in [6, 6.07) is 11.3. The van der Waals surface area contributed by atoms with E-state index in [-0.39, 0.29) is 18.5 Å². The summed E-state index contributed by atoms with van der Waals surface area (Å²) in [7, 11) is 1.63. The third kappa shape index (κ3) is 4.97. The van der Waals surface area contributed by atoms with Crippen molar-refractivity contribution in [1.29, 1.82) is 0 Å². The van der Waals surface area contributed by atoms with Crippen LogP contribution in [0.25, 0.3) is 0 Å². The third-order valence-electron chi connectivity index (χ3n) is 3.72.